The molecule has 2 nitrogen and oxygen atoms in total. The van der Waals surface area contributed by atoms with Gasteiger partial charge in [0.2, 0.25) is 0 Å². The zero-order chi connectivity index (χ0) is 12.3. The summed E-state index contributed by atoms with van der Waals surface area (Å²) >= 11 is 11.8. The number of rotatable bonds is 3. The molecule has 0 heterocycles. The maximum Gasteiger partial charge on any atom is 0.183 e. The number of nitriles is 1. The van der Waals surface area contributed by atoms with Crippen LogP contribution in [0, 0.1) is 23.2 Å². The molecule has 0 N–H and O–H groups in total. The van der Waals surface area contributed by atoms with E-state index < -0.39 is 5.92 Å². The highest BCUT2D eigenvalue weighted by Crippen LogP contribution is 2.28. The van der Waals surface area contributed by atoms with Crippen LogP contribution in [0.1, 0.15) is 24.2 Å². The Morgan fingerprint density at radius 3 is 2.19 bits per heavy atom. The van der Waals surface area contributed by atoms with Crippen molar-refractivity contribution in [3.8, 4) is 6.07 Å². The lowest BCUT2D eigenvalue weighted by atomic mass is 9.89. The number of ketones is 1. The first-order chi connectivity index (χ1) is 7.49. The van der Waals surface area contributed by atoms with Gasteiger partial charge < -0.3 is 0 Å². The van der Waals surface area contributed by atoms with E-state index in [0.29, 0.717) is 10.0 Å². The van der Waals surface area contributed by atoms with Gasteiger partial charge in [0.1, 0.15) is 5.92 Å². The third-order valence-electron chi connectivity index (χ3n) is 2.30. The number of hydrogen-bond donors (Lipinski definition) is 0. The molecule has 0 spiro atoms. The van der Waals surface area contributed by atoms with Crippen LogP contribution in [0.5, 0.6) is 0 Å². The summed E-state index contributed by atoms with van der Waals surface area (Å²) in [5, 5.41) is 9.53. The third kappa shape index (κ3) is 2.55. The van der Waals surface area contributed by atoms with Crippen LogP contribution >= 0.6 is 23.2 Å². The predicted octanol–water partition coefficient (Wildman–Crippen LogP) is 3.97. The van der Waals surface area contributed by atoms with Gasteiger partial charge in [-0.25, -0.2) is 0 Å². The molecule has 1 rings (SSSR count). The number of Topliss-reactive ketones (excluding diaryl/α,β-unsaturated/α-hetero) is 1. The van der Waals surface area contributed by atoms with E-state index in [1.807, 2.05) is 19.9 Å². The fourth-order valence-electron chi connectivity index (χ4n) is 1.40. The fourth-order valence-corrected chi connectivity index (χ4v) is 1.98. The lowest BCUT2D eigenvalue weighted by Crippen LogP contribution is -2.19. The number of hydrogen-bond acceptors (Lipinski definition) is 2. The van der Waals surface area contributed by atoms with Crippen LogP contribution in [-0.2, 0) is 0 Å². The molecule has 0 fully saturated rings. The van der Waals surface area contributed by atoms with Crippen molar-refractivity contribution in [1.82, 2.24) is 0 Å². The van der Waals surface area contributed by atoms with Gasteiger partial charge in [0, 0.05) is 0 Å². The minimum absolute atomic E-state index is 0.0650. The largest absolute Gasteiger partial charge is 0.293 e. The van der Waals surface area contributed by atoms with Gasteiger partial charge in [0.15, 0.2) is 5.78 Å². The summed E-state index contributed by atoms with van der Waals surface area (Å²) in [5.41, 5.74) is 0.242. The molecule has 0 aliphatic rings. The summed E-state index contributed by atoms with van der Waals surface area (Å²) in [4.78, 5) is 12.1. The van der Waals surface area contributed by atoms with Gasteiger partial charge >= 0.3 is 0 Å². The number of benzene rings is 1. The fraction of sp³-hybridized carbons (Fsp3) is 0.333. The van der Waals surface area contributed by atoms with Gasteiger partial charge in [-0.15, -0.1) is 0 Å². The Hall–Kier alpha value is -1.04. The average molecular weight is 256 g/mol. The summed E-state index contributed by atoms with van der Waals surface area (Å²) in [5.74, 6) is -1.09. The van der Waals surface area contributed by atoms with Crippen molar-refractivity contribution in [3.63, 3.8) is 0 Å². The highest BCUT2D eigenvalue weighted by atomic mass is 35.5. The number of nitrogens with zero attached hydrogens (tertiary/aromatic N) is 1. The second kappa shape index (κ2) is 5.34. The molecular weight excluding hydrogens is 245 g/mol. The van der Waals surface area contributed by atoms with Crippen molar-refractivity contribution < 1.29 is 4.79 Å². The standard InChI is InChI=1S/C12H11Cl2NO/c1-7(2)8(6-15)12(16)11-9(13)4-3-5-10(11)14/h3-5,7-8H,1-2H3. The van der Waals surface area contributed by atoms with Crippen molar-refractivity contribution in [3.05, 3.63) is 33.8 Å². The van der Waals surface area contributed by atoms with Crippen molar-refractivity contribution in [2.45, 2.75) is 13.8 Å². The van der Waals surface area contributed by atoms with E-state index in [0.717, 1.165) is 0 Å². The molecular formula is C12H11Cl2NO. The Balaban J connectivity index is 3.20. The summed E-state index contributed by atoms with van der Waals surface area (Å²) in [6.07, 6.45) is 0. The second-order valence-electron chi connectivity index (χ2n) is 3.81. The zero-order valence-corrected chi connectivity index (χ0v) is 10.5. The smallest absolute Gasteiger partial charge is 0.183 e. The number of halogens is 2. The van der Waals surface area contributed by atoms with Crippen molar-refractivity contribution >= 4 is 29.0 Å². The highest BCUT2D eigenvalue weighted by molar-refractivity contribution is 6.40. The first-order valence-electron chi connectivity index (χ1n) is 4.87. The molecule has 1 aromatic carbocycles. The van der Waals surface area contributed by atoms with Crippen molar-refractivity contribution in [2.24, 2.45) is 11.8 Å². The molecule has 4 heteroatoms. The van der Waals surface area contributed by atoms with E-state index >= 15 is 0 Å². The molecule has 0 aromatic heterocycles. The summed E-state index contributed by atoms with van der Waals surface area (Å²) in [6, 6.07) is 6.84. The average Bonchev–Trinajstić information content (AvgIpc) is 2.17. The number of carbonyl (C=O) groups excluding carboxylic acids is 1. The summed E-state index contributed by atoms with van der Waals surface area (Å²) < 4.78 is 0. The van der Waals surface area contributed by atoms with Crippen molar-refractivity contribution in [1.29, 1.82) is 5.26 Å². The van der Waals surface area contributed by atoms with E-state index in [1.165, 1.54) is 0 Å². The highest BCUT2D eigenvalue weighted by Gasteiger charge is 2.26. The first kappa shape index (κ1) is 13.0. The van der Waals surface area contributed by atoms with Crippen LogP contribution in [0.25, 0.3) is 0 Å². The Morgan fingerprint density at radius 2 is 1.81 bits per heavy atom. The Kier molecular flexibility index (Phi) is 4.35. The monoisotopic (exact) mass is 255 g/mol. The lowest BCUT2D eigenvalue weighted by molar-refractivity contribution is 0.0925. The first-order valence-corrected chi connectivity index (χ1v) is 5.62. The molecule has 0 aliphatic heterocycles. The molecule has 0 saturated carbocycles. The Morgan fingerprint density at radius 1 is 1.31 bits per heavy atom. The molecule has 84 valence electrons. The van der Waals surface area contributed by atoms with Crippen LogP contribution in [0.15, 0.2) is 18.2 Å². The zero-order valence-electron chi connectivity index (χ0n) is 9.00. The van der Waals surface area contributed by atoms with Gasteiger partial charge in [-0.05, 0) is 18.1 Å². The van der Waals surface area contributed by atoms with E-state index in [4.69, 9.17) is 28.5 Å². The molecule has 0 aliphatic carbocycles. The van der Waals surface area contributed by atoms with Crippen LogP contribution in [0.4, 0.5) is 0 Å². The predicted molar refractivity (Wildman–Crippen MR) is 64.7 cm³/mol. The quantitative estimate of drug-likeness (QED) is 0.767. The van der Waals surface area contributed by atoms with Gasteiger partial charge in [-0.3, -0.25) is 4.79 Å². The Labute approximate surface area is 105 Å². The molecule has 16 heavy (non-hydrogen) atoms. The Bertz CT molecular complexity index is 429. The van der Waals surface area contributed by atoms with Gasteiger partial charge in [0.05, 0.1) is 21.7 Å². The van der Waals surface area contributed by atoms with Crippen molar-refractivity contribution in [2.75, 3.05) is 0 Å². The molecule has 1 aromatic rings. The summed E-state index contributed by atoms with van der Waals surface area (Å²) in [7, 11) is 0. The minimum atomic E-state index is -0.711. The summed E-state index contributed by atoms with van der Waals surface area (Å²) in [6.45, 7) is 3.63. The molecule has 0 radical (unpaired) electrons. The molecule has 1 unspecified atom stereocenters. The van der Waals surface area contributed by atoms with Gasteiger partial charge in [-0.2, -0.15) is 5.26 Å². The van der Waals surface area contributed by atoms with Gasteiger partial charge in [0.25, 0.3) is 0 Å². The third-order valence-corrected chi connectivity index (χ3v) is 2.93. The molecule has 0 saturated heterocycles. The van der Waals surface area contributed by atoms with E-state index in [-0.39, 0.29) is 17.3 Å². The SMILES string of the molecule is CC(C)C(C#N)C(=O)c1c(Cl)cccc1Cl. The molecule has 0 bridgehead atoms. The van der Waals surface area contributed by atoms with E-state index in [2.05, 4.69) is 0 Å². The topological polar surface area (TPSA) is 40.9 Å². The maximum absolute atomic E-state index is 12.1. The van der Waals surface area contributed by atoms with Crippen LogP contribution < -0.4 is 0 Å². The minimum Gasteiger partial charge on any atom is -0.293 e. The van der Waals surface area contributed by atoms with Crippen LogP contribution in [0.3, 0.4) is 0 Å². The second-order valence-corrected chi connectivity index (χ2v) is 4.63. The lowest BCUT2D eigenvalue weighted by Gasteiger charge is -2.13. The molecule has 0 amide bonds. The van der Waals surface area contributed by atoms with Crippen LogP contribution in [-0.4, -0.2) is 5.78 Å². The van der Waals surface area contributed by atoms with Crippen LogP contribution in [0.2, 0.25) is 10.0 Å². The van der Waals surface area contributed by atoms with Gasteiger partial charge in [-0.1, -0.05) is 43.1 Å². The number of carbonyl (C=O) groups is 1. The van der Waals surface area contributed by atoms with E-state index in [9.17, 15) is 4.79 Å². The maximum atomic E-state index is 12.1. The normalized spacial score (nSPS) is 12.2. The van der Waals surface area contributed by atoms with E-state index in [1.54, 1.807) is 18.2 Å². The molecule has 1 atom stereocenters.